The van der Waals surface area contributed by atoms with Crippen LogP contribution in [0.15, 0.2) is 60.7 Å². The SMILES string of the molecule is FC(F)(F)c1ccc(-c2ccc(-c3ccc(C(F)(F)F)cc3)[se]2)cc1. The van der Waals surface area contributed by atoms with Gasteiger partial charge in [-0.1, -0.05) is 0 Å². The van der Waals surface area contributed by atoms with Crippen molar-refractivity contribution in [3.05, 3.63) is 71.8 Å². The summed E-state index contributed by atoms with van der Waals surface area (Å²) in [5.74, 6) is 0. The molecule has 1 aromatic heterocycles. The van der Waals surface area contributed by atoms with Crippen LogP contribution < -0.4 is 0 Å². The molecule has 0 N–H and O–H groups in total. The number of rotatable bonds is 2. The van der Waals surface area contributed by atoms with E-state index >= 15 is 0 Å². The Labute approximate surface area is 145 Å². The van der Waals surface area contributed by atoms with Crippen LogP contribution in [0.3, 0.4) is 0 Å². The van der Waals surface area contributed by atoms with Crippen LogP contribution in [0.4, 0.5) is 26.3 Å². The molecule has 2 aromatic carbocycles. The topological polar surface area (TPSA) is 0 Å². The summed E-state index contributed by atoms with van der Waals surface area (Å²) in [5.41, 5.74) is -0.0474. The molecule has 0 bridgehead atoms. The van der Waals surface area contributed by atoms with Gasteiger partial charge in [0.15, 0.2) is 0 Å². The van der Waals surface area contributed by atoms with Gasteiger partial charge in [-0.05, 0) is 0 Å². The molecule has 0 amide bonds. The van der Waals surface area contributed by atoms with Gasteiger partial charge < -0.3 is 0 Å². The van der Waals surface area contributed by atoms with E-state index < -0.39 is 23.5 Å². The molecule has 0 fully saturated rings. The Bertz CT molecular complexity index is 782. The maximum atomic E-state index is 12.6. The van der Waals surface area contributed by atoms with Crippen molar-refractivity contribution in [1.29, 1.82) is 0 Å². The number of benzene rings is 2. The number of alkyl halides is 6. The van der Waals surface area contributed by atoms with Gasteiger partial charge in [-0.3, -0.25) is 0 Å². The van der Waals surface area contributed by atoms with Gasteiger partial charge in [0, 0.05) is 0 Å². The van der Waals surface area contributed by atoms with E-state index in [9.17, 15) is 26.3 Å². The van der Waals surface area contributed by atoms with E-state index in [1.54, 1.807) is 12.1 Å². The molecule has 1 heterocycles. The van der Waals surface area contributed by atoms with E-state index in [1.165, 1.54) is 24.3 Å². The molecular formula is C18H10F6Se. The second kappa shape index (κ2) is 6.39. The fourth-order valence-corrected chi connectivity index (χ4v) is 4.43. The van der Waals surface area contributed by atoms with Crippen molar-refractivity contribution >= 4 is 14.5 Å². The number of hydrogen-bond donors (Lipinski definition) is 0. The molecule has 0 aliphatic carbocycles. The Morgan fingerprint density at radius 2 is 0.800 bits per heavy atom. The minimum atomic E-state index is -4.38. The average Bonchev–Trinajstić information content (AvgIpc) is 3.03. The van der Waals surface area contributed by atoms with Crippen molar-refractivity contribution < 1.29 is 26.3 Å². The third-order valence-electron chi connectivity index (χ3n) is 3.60. The first-order chi connectivity index (χ1) is 11.6. The van der Waals surface area contributed by atoms with E-state index in [2.05, 4.69) is 0 Å². The standard InChI is InChI=1S/C18H10F6Se/c19-17(20,21)13-5-1-11(2-6-13)15-9-10-16(25-15)12-3-7-14(8-4-12)18(22,23)24/h1-10H. The maximum absolute atomic E-state index is 12.6. The predicted octanol–water partition coefficient (Wildman–Crippen LogP) is 6.12. The summed E-state index contributed by atoms with van der Waals surface area (Å²) in [4.78, 5) is 0. The third-order valence-corrected chi connectivity index (χ3v) is 6.08. The van der Waals surface area contributed by atoms with Crippen molar-refractivity contribution in [1.82, 2.24) is 0 Å². The molecule has 0 saturated heterocycles. The van der Waals surface area contributed by atoms with Gasteiger partial charge in [-0.15, -0.1) is 0 Å². The molecule has 0 saturated carbocycles. The fourth-order valence-electron chi connectivity index (χ4n) is 2.30. The van der Waals surface area contributed by atoms with E-state index in [-0.39, 0.29) is 14.5 Å². The van der Waals surface area contributed by atoms with Crippen molar-refractivity contribution in [2.75, 3.05) is 0 Å². The molecule has 0 radical (unpaired) electrons. The van der Waals surface area contributed by atoms with Gasteiger partial charge >= 0.3 is 145 Å². The Balaban J connectivity index is 1.85. The summed E-state index contributed by atoms with van der Waals surface area (Å²) in [5, 5.41) is 0. The van der Waals surface area contributed by atoms with Gasteiger partial charge in [-0.25, -0.2) is 0 Å². The van der Waals surface area contributed by atoms with Crippen LogP contribution in [0, 0.1) is 0 Å². The Kier molecular flexibility index (Phi) is 4.56. The quantitative estimate of drug-likeness (QED) is 0.347. The van der Waals surface area contributed by atoms with E-state index in [1.807, 2.05) is 0 Å². The van der Waals surface area contributed by atoms with Gasteiger partial charge in [0.25, 0.3) is 0 Å². The average molecular weight is 419 g/mol. The third kappa shape index (κ3) is 3.99. The molecule has 3 aromatic rings. The molecular weight excluding hydrogens is 409 g/mol. The van der Waals surface area contributed by atoms with Crippen LogP contribution in [0.25, 0.3) is 20.0 Å². The number of hydrogen-bond acceptors (Lipinski definition) is 0. The predicted molar refractivity (Wildman–Crippen MR) is 84.3 cm³/mol. The fraction of sp³-hybridized carbons (Fsp3) is 0.111. The monoisotopic (exact) mass is 420 g/mol. The summed E-state index contributed by atoms with van der Waals surface area (Å²) in [6.45, 7) is 0. The second-order valence-electron chi connectivity index (χ2n) is 5.31. The zero-order valence-corrected chi connectivity index (χ0v) is 14.2. The minimum absolute atomic E-state index is 0.181. The summed E-state index contributed by atoms with van der Waals surface area (Å²) in [6, 6.07) is 13.4. The van der Waals surface area contributed by atoms with Crippen LogP contribution in [0.2, 0.25) is 0 Å². The zero-order valence-electron chi connectivity index (χ0n) is 12.4. The van der Waals surface area contributed by atoms with Crippen molar-refractivity contribution in [2.24, 2.45) is 0 Å². The summed E-state index contributed by atoms with van der Waals surface area (Å²) < 4.78 is 77.3. The van der Waals surface area contributed by atoms with Crippen LogP contribution >= 0.6 is 0 Å². The molecule has 25 heavy (non-hydrogen) atoms. The molecule has 0 nitrogen and oxygen atoms in total. The van der Waals surface area contributed by atoms with Crippen molar-refractivity contribution in [3.63, 3.8) is 0 Å². The summed E-state index contributed by atoms with van der Waals surface area (Å²) in [7, 11) is 0. The zero-order chi connectivity index (χ0) is 18.2. The first-order valence-electron chi connectivity index (χ1n) is 7.10. The Morgan fingerprint density at radius 1 is 0.480 bits per heavy atom. The van der Waals surface area contributed by atoms with Crippen LogP contribution in [0.1, 0.15) is 11.1 Å². The molecule has 0 atom stereocenters. The van der Waals surface area contributed by atoms with Crippen molar-refractivity contribution in [2.45, 2.75) is 12.4 Å². The van der Waals surface area contributed by atoms with E-state index in [0.29, 0.717) is 11.1 Å². The Hall–Kier alpha value is -1.98. The van der Waals surface area contributed by atoms with Crippen LogP contribution in [-0.2, 0) is 12.4 Å². The molecule has 0 aliphatic heterocycles. The summed E-state index contributed by atoms with van der Waals surface area (Å²) in [6.07, 6.45) is -8.76. The van der Waals surface area contributed by atoms with Gasteiger partial charge in [-0.2, -0.15) is 0 Å². The molecule has 0 unspecified atom stereocenters. The van der Waals surface area contributed by atoms with Gasteiger partial charge in [0.2, 0.25) is 0 Å². The van der Waals surface area contributed by atoms with E-state index in [4.69, 9.17) is 0 Å². The van der Waals surface area contributed by atoms with Crippen LogP contribution in [0.5, 0.6) is 0 Å². The molecule has 0 aliphatic rings. The molecule has 7 heteroatoms. The number of halogens is 6. The molecule has 0 spiro atoms. The second-order valence-corrected chi connectivity index (χ2v) is 7.59. The van der Waals surface area contributed by atoms with Gasteiger partial charge in [0.05, 0.1) is 0 Å². The van der Waals surface area contributed by atoms with Gasteiger partial charge in [0.1, 0.15) is 0 Å². The Morgan fingerprint density at radius 3 is 1.08 bits per heavy atom. The van der Waals surface area contributed by atoms with Crippen LogP contribution in [-0.4, -0.2) is 14.5 Å². The first kappa shape index (κ1) is 17.8. The molecule has 3 rings (SSSR count). The summed E-state index contributed by atoms with van der Waals surface area (Å²) >= 11 is -0.181. The van der Waals surface area contributed by atoms with Crippen molar-refractivity contribution in [3.8, 4) is 20.0 Å². The normalized spacial score (nSPS) is 12.4. The van der Waals surface area contributed by atoms with E-state index in [0.717, 1.165) is 33.1 Å². The first-order valence-corrected chi connectivity index (χ1v) is 8.81. The molecule has 130 valence electrons.